The van der Waals surface area contributed by atoms with Gasteiger partial charge in [0.1, 0.15) is 11.5 Å². The second-order valence-electron chi connectivity index (χ2n) is 3.40. The Morgan fingerprint density at radius 2 is 1.89 bits per heavy atom. The molecule has 0 aliphatic heterocycles. The maximum Gasteiger partial charge on any atom is 0.185 e. The highest BCUT2D eigenvalue weighted by Gasteiger charge is 2.02. The number of ether oxygens (including phenoxy) is 2. The number of hydrogen-bond donors (Lipinski definition) is 0. The van der Waals surface area contributed by atoms with Crippen molar-refractivity contribution in [1.82, 2.24) is 0 Å². The summed E-state index contributed by atoms with van der Waals surface area (Å²) in [5.74, 6) is 1.20. The van der Waals surface area contributed by atoms with Crippen molar-refractivity contribution in [2.45, 2.75) is 6.92 Å². The SMILES string of the molecule is C=COC(=C\C)/C=C/C(=O)c1ccc(OC)cc1. The molecule has 0 unspecified atom stereocenters. The fourth-order valence-electron chi connectivity index (χ4n) is 1.31. The molecule has 0 aliphatic carbocycles. The Labute approximate surface area is 107 Å². The molecule has 1 aromatic rings. The smallest absolute Gasteiger partial charge is 0.185 e. The van der Waals surface area contributed by atoms with Crippen LogP contribution in [0, 0.1) is 0 Å². The van der Waals surface area contributed by atoms with Crippen LogP contribution >= 0.6 is 0 Å². The molecule has 0 heterocycles. The zero-order chi connectivity index (χ0) is 13.4. The Morgan fingerprint density at radius 3 is 2.39 bits per heavy atom. The minimum absolute atomic E-state index is 0.0929. The predicted molar refractivity (Wildman–Crippen MR) is 71.5 cm³/mol. The van der Waals surface area contributed by atoms with E-state index in [2.05, 4.69) is 6.58 Å². The molecule has 0 saturated heterocycles. The van der Waals surface area contributed by atoms with Gasteiger partial charge in [-0.3, -0.25) is 4.79 Å². The number of methoxy groups -OCH3 is 1. The van der Waals surface area contributed by atoms with Crippen molar-refractivity contribution in [3.8, 4) is 5.75 Å². The molecule has 18 heavy (non-hydrogen) atoms. The van der Waals surface area contributed by atoms with Crippen molar-refractivity contribution in [3.05, 3.63) is 66.7 Å². The highest BCUT2D eigenvalue weighted by molar-refractivity contribution is 6.04. The van der Waals surface area contributed by atoms with Gasteiger partial charge in [0.25, 0.3) is 0 Å². The van der Waals surface area contributed by atoms with Crippen LogP contribution in [0.3, 0.4) is 0 Å². The fourth-order valence-corrected chi connectivity index (χ4v) is 1.31. The number of hydrogen-bond acceptors (Lipinski definition) is 3. The van der Waals surface area contributed by atoms with Gasteiger partial charge in [-0.25, -0.2) is 0 Å². The monoisotopic (exact) mass is 244 g/mol. The molecule has 0 radical (unpaired) electrons. The summed E-state index contributed by atoms with van der Waals surface area (Å²) < 4.78 is 10.1. The second kappa shape index (κ2) is 7.12. The van der Waals surface area contributed by atoms with Crippen LogP contribution in [0.1, 0.15) is 17.3 Å². The van der Waals surface area contributed by atoms with Gasteiger partial charge in [-0.2, -0.15) is 0 Å². The second-order valence-corrected chi connectivity index (χ2v) is 3.40. The van der Waals surface area contributed by atoms with Crippen LogP contribution < -0.4 is 4.74 Å². The van der Waals surface area contributed by atoms with Crippen molar-refractivity contribution in [2.75, 3.05) is 7.11 Å². The van der Waals surface area contributed by atoms with E-state index in [1.165, 1.54) is 12.3 Å². The van der Waals surface area contributed by atoms with Gasteiger partial charge in [-0.15, -0.1) is 0 Å². The molecule has 1 rings (SSSR count). The van der Waals surface area contributed by atoms with Crippen molar-refractivity contribution in [1.29, 1.82) is 0 Å². The van der Waals surface area contributed by atoms with Gasteiger partial charge in [0.2, 0.25) is 0 Å². The first-order chi connectivity index (χ1) is 8.71. The number of allylic oxidation sites excluding steroid dienone is 3. The van der Waals surface area contributed by atoms with Gasteiger partial charge in [0, 0.05) is 5.56 Å². The molecular formula is C15H16O3. The number of benzene rings is 1. The van der Waals surface area contributed by atoms with Crippen LogP contribution in [-0.4, -0.2) is 12.9 Å². The summed E-state index contributed by atoms with van der Waals surface area (Å²) in [4.78, 5) is 11.8. The van der Waals surface area contributed by atoms with Crippen molar-refractivity contribution < 1.29 is 14.3 Å². The fraction of sp³-hybridized carbons (Fsp3) is 0.133. The molecule has 0 spiro atoms. The summed E-state index contributed by atoms with van der Waals surface area (Å²) in [6.45, 7) is 5.28. The van der Waals surface area contributed by atoms with E-state index in [0.717, 1.165) is 5.75 Å². The lowest BCUT2D eigenvalue weighted by Gasteiger charge is -2.01. The Morgan fingerprint density at radius 1 is 1.22 bits per heavy atom. The third-order valence-electron chi connectivity index (χ3n) is 2.28. The van der Waals surface area contributed by atoms with Crippen molar-refractivity contribution in [3.63, 3.8) is 0 Å². The normalized spacial score (nSPS) is 11.3. The van der Waals surface area contributed by atoms with E-state index in [9.17, 15) is 4.79 Å². The first kappa shape index (κ1) is 13.8. The summed E-state index contributed by atoms with van der Waals surface area (Å²) in [6, 6.07) is 6.93. The van der Waals surface area contributed by atoms with E-state index in [-0.39, 0.29) is 5.78 Å². The molecule has 0 aromatic heterocycles. The average Bonchev–Trinajstić information content (AvgIpc) is 2.43. The van der Waals surface area contributed by atoms with Crippen LogP contribution in [0.2, 0.25) is 0 Å². The molecule has 0 atom stereocenters. The summed E-state index contributed by atoms with van der Waals surface area (Å²) in [7, 11) is 1.58. The average molecular weight is 244 g/mol. The van der Waals surface area contributed by atoms with Crippen molar-refractivity contribution >= 4 is 5.78 Å². The molecular weight excluding hydrogens is 228 g/mol. The molecule has 0 saturated carbocycles. The lowest BCUT2D eigenvalue weighted by atomic mass is 10.1. The zero-order valence-corrected chi connectivity index (χ0v) is 10.6. The Balaban J connectivity index is 2.75. The molecule has 0 N–H and O–H groups in total. The molecule has 3 heteroatoms. The topological polar surface area (TPSA) is 35.5 Å². The van der Waals surface area contributed by atoms with Gasteiger partial charge >= 0.3 is 0 Å². The van der Waals surface area contributed by atoms with Gasteiger partial charge in [-0.1, -0.05) is 6.58 Å². The van der Waals surface area contributed by atoms with Gasteiger partial charge in [0.05, 0.1) is 13.4 Å². The number of carbonyl (C=O) groups is 1. The van der Waals surface area contributed by atoms with Crippen LogP contribution in [-0.2, 0) is 4.74 Å². The summed E-state index contributed by atoms with van der Waals surface area (Å²) in [5, 5.41) is 0. The van der Waals surface area contributed by atoms with Crippen LogP contribution in [0.15, 0.2) is 61.1 Å². The third-order valence-corrected chi connectivity index (χ3v) is 2.28. The summed E-state index contributed by atoms with van der Waals surface area (Å²) in [5.41, 5.74) is 0.598. The lowest BCUT2D eigenvalue weighted by Crippen LogP contribution is -1.94. The zero-order valence-electron chi connectivity index (χ0n) is 10.6. The lowest BCUT2D eigenvalue weighted by molar-refractivity contribution is 0.104. The van der Waals surface area contributed by atoms with E-state index in [0.29, 0.717) is 11.3 Å². The molecule has 1 aromatic carbocycles. The maximum absolute atomic E-state index is 11.8. The van der Waals surface area contributed by atoms with Crippen LogP contribution in [0.5, 0.6) is 5.75 Å². The van der Waals surface area contributed by atoms with Gasteiger partial charge < -0.3 is 9.47 Å². The van der Waals surface area contributed by atoms with Gasteiger partial charge in [0.15, 0.2) is 5.78 Å². The largest absolute Gasteiger partial charge is 0.497 e. The van der Waals surface area contributed by atoms with Crippen LogP contribution in [0.4, 0.5) is 0 Å². The number of ketones is 1. The molecule has 0 amide bonds. The third kappa shape index (κ3) is 3.94. The Kier molecular flexibility index (Phi) is 5.45. The molecule has 94 valence electrons. The van der Waals surface area contributed by atoms with E-state index in [4.69, 9.17) is 9.47 Å². The highest BCUT2D eigenvalue weighted by atomic mass is 16.5. The predicted octanol–water partition coefficient (Wildman–Crippen LogP) is 3.50. The van der Waals surface area contributed by atoms with E-state index >= 15 is 0 Å². The molecule has 0 bridgehead atoms. The minimum atomic E-state index is -0.0929. The van der Waals surface area contributed by atoms with E-state index in [1.807, 2.05) is 6.92 Å². The molecule has 0 aliphatic rings. The quantitative estimate of drug-likeness (QED) is 0.332. The first-order valence-corrected chi connectivity index (χ1v) is 5.51. The minimum Gasteiger partial charge on any atom is -0.497 e. The first-order valence-electron chi connectivity index (χ1n) is 5.51. The number of rotatable bonds is 6. The van der Waals surface area contributed by atoms with Crippen molar-refractivity contribution in [2.24, 2.45) is 0 Å². The maximum atomic E-state index is 11.8. The molecule has 0 fully saturated rings. The number of carbonyl (C=O) groups excluding carboxylic acids is 1. The standard InChI is InChI=1S/C15H16O3/c1-4-13(18-5-2)10-11-15(16)12-6-8-14(17-3)9-7-12/h4-11H,2H2,1,3H3/b11-10+,13-4-. The Hall–Kier alpha value is -2.29. The Bertz CT molecular complexity index is 467. The van der Waals surface area contributed by atoms with Gasteiger partial charge in [-0.05, 0) is 49.4 Å². The molecule has 3 nitrogen and oxygen atoms in total. The van der Waals surface area contributed by atoms with E-state index < -0.39 is 0 Å². The highest BCUT2D eigenvalue weighted by Crippen LogP contribution is 2.12. The summed E-state index contributed by atoms with van der Waals surface area (Å²) >= 11 is 0. The van der Waals surface area contributed by atoms with E-state index in [1.54, 1.807) is 43.5 Å². The summed E-state index contributed by atoms with van der Waals surface area (Å²) in [6.07, 6.45) is 6.13. The van der Waals surface area contributed by atoms with Crippen LogP contribution in [0.25, 0.3) is 0 Å².